The quantitative estimate of drug-likeness (QED) is 0.488. The zero-order valence-electron chi connectivity index (χ0n) is 12.6. The minimum atomic E-state index is 0.501. The first-order chi connectivity index (χ1) is 9.20. The highest BCUT2D eigenvalue weighted by molar-refractivity contribution is 5.84. The molecule has 3 saturated carbocycles. The van der Waals surface area contributed by atoms with Gasteiger partial charge in [0, 0.05) is 5.71 Å². The van der Waals surface area contributed by atoms with Crippen LogP contribution in [0.4, 0.5) is 0 Å². The predicted molar refractivity (Wildman–Crippen MR) is 82.7 cm³/mol. The zero-order valence-corrected chi connectivity index (χ0v) is 12.6. The van der Waals surface area contributed by atoms with Crippen LogP contribution in [0, 0.1) is 17.3 Å². The molecule has 1 heteroatoms. The number of aliphatic imine (C=N–C) groups is 1. The fourth-order valence-corrected chi connectivity index (χ4v) is 4.73. The van der Waals surface area contributed by atoms with Crippen LogP contribution in [0.2, 0.25) is 0 Å². The molecule has 106 valence electrons. The van der Waals surface area contributed by atoms with Gasteiger partial charge >= 0.3 is 0 Å². The van der Waals surface area contributed by atoms with Crippen molar-refractivity contribution in [2.45, 2.75) is 71.1 Å². The smallest absolute Gasteiger partial charge is 0.0601 e. The maximum Gasteiger partial charge on any atom is 0.0601 e. The van der Waals surface area contributed by atoms with E-state index < -0.39 is 0 Å². The summed E-state index contributed by atoms with van der Waals surface area (Å²) in [6, 6.07) is 0. The molecule has 2 bridgehead atoms. The summed E-state index contributed by atoms with van der Waals surface area (Å²) in [5, 5.41) is 0. The van der Waals surface area contributed by atoms with E-state index in [1.165, 1.54) is 75.5 Å². The third kappa shape index (κ3) is 2.66. The number of hydrogen-bond donors (Lipinski definition) is 0. The summed E-state index contributed by atoms with van der Waals surface area (Å²) >= 11 is 0. The monoisotopic (exact) mass is 259 g/mol. The van der Waals surface area contributed by atoms with E-state index in [0.717, 1.165) is 18.4 Å². The summed E-state index contributed by atoms with van der Waals surface area (Å²) in [5.41, 5.74) is 3.36. The zero-order chi connectivity index (χ0) is 13.3. The molecule has 19 heavy (non-hydrogen) atoms. The van der Waals surface area contributed by atoms with Crippen molar-refractivity contribution in [2.24, 2.45) is 22.2 Å². The molecule has 0 atom stereocenters. The molecule has 3 aliphatic carbocycles. The number of rotatable bonds is 4. The minimum absolute atomic E-state index is 0.501. The summed E-state index contributed by atoms with van der Waals surface area (Å²) in [6.07, 6.45) is 14.1. The van der Waals surface area contributed by atoms with Gasteiger partial charge in [-0.15, -0.1) is 0 Å². The lowest BCUT2D eigenvalue weighted by Crippen LogP contribution is -2.20. The molecule has 0 aliphatic heterocycles. The van der Waals surface area contributed by atoms with Crippen LogP contribution in [0.25, 0.3) is 0 Å². The van der Waals surface area contributed by atoms with Gasteiger partial charge in [-0.25, -0.2) is 0 Å². The second kappa shape index (κ2) is 5.42. The van der Waals surface area contributed by atoms with Gasteiger partial charge in [0.1, 0.15) is 0 Å². The predicted octanol–water partition coefficient (Wildman–Crippen LogP) is 5.16. The minimum Gasteiger partial charge on any atom is -0.290 e. The molecular formula is C18H29N. The molecule has 0 heterocycles. The lowest BCUT2D eigenvalue weighted by atomic mass is 9.78. The van der Waals surface area contributed by atoms with E-state index >= 15 is 0 Å². The van der Waals surface area contributed by atoms with Crippen LogP contribution >= 0.6 is 0 Å². The summed E-state index contributed by atoms with van der Waals surface area (Å²) in [7, 11) is 0. The largest absolute Gasteiger partial charge is 0.290 e. The molecule has 0 aromatic rings. The maximum absolute atomic E-state index is 4.92. The van der Waals surface area contributed by atoms with E-state index in [0.29, 0.717) is 5.41 Å². The Labute approximate surface area is 118 Å². The van der Waals surface area contributed by atoms with Gasteiger partial charge in [0.15, 0.2) is 0 Å². The van der Waals surface area contributed by atoms with Gasteiger partial charge in [-0.2, -0.15) is 0 Å². The van der Waals surface area contributed by atoms with Crippen molar-refractivity contribution >= 4 is 5.71 Å². The Hall–Kier alpha value is -0.590. The molecule has 0 amide bonds. The molecule has 3 fully saturated rings. The molecule has 0 spiro atoms. The van der Waals surface area contributed by atoms with Crippen LogP contribution in [0.3, 0.4) is 0 Å². The van der Waals surface area contributed by atoms with Crippen LogP contribution in [0.5, 0.6) is 0 Å². The molecule has 0 N–H and O–H groups in total. The number of nitrogens with zero attached hydrogens (tertiary/aromatic N) is 1. The van der Waals surface area contributed by atoms with Crippen molar-refractivity contribution in [3.05, 3.63) is 12.2 Å². The van der Waals surface area contributed by atoms with Crippen LogP contribution in [-0.2, 0) is 0 Å². The normalized spacial score (nSPS) is 35.8. The molecule has 0 aromatic carbocycles. The lowest BCUT2D eigenvalue weighted by molar-refractivity contribution is 0.356. The fraction of sp³-hybridized carbons (Fsp3) is 0.833. The second-order valence-corrected chi connectivity index (χ2v) is 7.32. The van der Waals surface area contributed by atoms with Crippen LogP contribution < -0.4 is 0 Å². The summed E-state index contributed by atoms with van der Waals surface area (Å²) in [6.45, 7) is 7.59. The van der Waals surface area contributed by atoms with E-state index in [1.54, 1.807) is 0 Å². The average molecular weight is 259 g/mol. The van der Waals surface area contributed by atoms with Crippen molar-refractivity contribution in [2.75, 3.05) is 6.54 Å². The van der Waals surface area contributed by atoms with Crippen LogP contribution in [0.1, 0.15) is 71.1 Å². The summed E-state index contributed by atoms with van der Waals surface area (Å²) in [4.78, 5) is 4.92. The molecule has 3 rings (SSSR count). The summed E-state index contributed by atoms with van der Waals surface area (Å²) in [5.74, 6) is 1.79. The van der Waals surface area contributed by atoms with Gasteiger partial charge in [-0.05, 0) is 74.7 Å². The first-order valence-corrected chi connectivity index (χ1v) is 8.39. The highest BCUT2D eigenvalue weighted by atomic mass is 14.8. The van der Waals surface area contributed by atoms with Gasteiger partial charge in [0.25, 0.3) is 0 Å². The Balaban J connectivity index is 1.57. The lowest BCUT2D eigenvalue weighted by Gasteiger charge is -2.29. The molecule has 0 aromatic heterocycles. The highest BCUT2D eigenvalue weighted by Crippen LogP contribution is 2.57. The van der Waals surface area contributed by atoms with Crippen molar-refractivity contribution in [1.82, 2.24) is 0 Å². The van der Waals surface area contributed by atoms with Crippen LogP contribution in [-0.4, -0.2) is 12.3 Å². The topological polar surface area (TPSA) is 12.4 Å². The molecule has 0 unspecified atom stereocenters. The van der Waals surface area contributed by atoms with Gasteiger partial charge in [0.2, 0.25) is 0 Å². The van der Waals surface area contributed by atoms with E-state index in [9.17, 15) is 0 Å². The van der Waals surface area contributed by atoms with Crippen molar-refractivity contribution in [1.29, 1.82) is 0 Å². The Bertz CT molecular complexity index is 365. The van der Waals surface area contributed by atoms with Crippen molar-refractivity contribution in [3.63, 3.8) is 0 Å². The Morgan fingerprint density at radius 1 is 1.11 bits per heavy atom. The molecule has 3 aliphatic rings. The maximum atomic E-state index is 4.92. The Morgan fingerprint density at radius 3 is 2.37 bits per heavy atom. The molecular weight excluding hydrogens is 230 g/mol. The second-order valence-electron chi connectivity index (χ2n) is 7.32. The van der Waals surface area contributed by atoms with Crippen LogP contribution in [0.15, 0.2) is 17.1 Å². The Morgan fingerprint density at radius 2 is 1.79 bits per heavy atom. The van der Waals surface area contributed by atoms with Crippen molar-refractivity contribution < 1.29 is 0 Å². The van der Waals surface area contributed by atoms with Gasteiger partial charge < -0.3 is 0 Å². The summed E-state index contributed by atoms with van der Waals surface area (Å²) < 4.78 is 0. The number of fused-ring (bicyclic) bond motifs is 2. The Kier molecular flexibility index (Phi) is 3.82. The average Bonchev–Trinajstić information content (AvgIpc) is 3.07. The fourth-order valence-electron chi connectivity index (χ4n) is 4.73. The highest BCUT2D eigenvalue weighted by Gasteiger charge is 2.46. The van der Waals surface area contributed by atoms with Gasteiger partial charge in [0.05, 0.1) is 6.54 Å². The standard InChI is InChI=1S/C18H29N/c1-14(18-10-8-16(12-18)9-11-18)13-19-15(2)17-6-4-3-5-7-17/h16-17H,1,3-13H2,2H3/b19-15+. The first kappa shape index (κ1) is 13.4. The van der Waals surface area contributed by atoms with Gasteiger partial charge in [-0.3, -0.25) is 4.99 Å². The van der Waals surface area contributed by atoms with E-state index in [2.05, 4.69) is 13.5 Å². The third-order valence-corrected chi connectivity index (χ3v) is 6.21. The first-order valence-electron chi connectivity index (χ1n) is 8.39. The molecule has 0 saturated heterocycles. The van der Waals surface area contributed by atoms with Crippen molar-refractivity contribution in [3.8, 4) is 0 Å². The van der Waals surface area contributed by atoms with E-state index in [-0.39, 0.29) is 0 Å². The third-order valence-electron chi connectivity index (χ3n) is 6.21. The van der Waals surface area contributed by atoms with E-state index in [4.69, 9.17) is 4.99 Å². The van der Waals surface area contributed by atoms with E-state index in [1.807, 2.05) is 0 Å². The SMILES string of the molecule is C=C(C/N=C(\C)C1CCCCC1)C12CCC(CC1)C2. The van der Waals surface area contributed by atoms with Gasteiger partial charge in [-0.1, -0.05) is 25.8 Å². The number of hydrogen-bond acceptors (Lipinski definition) is 1. The molecule has 1 nitrogen and oxygen atoms in total. The molecule has 0 radical (unpaired) electrons.